The second-order valence-electron chi connectivity index (χ2n) is 7.24. The van der Waals surface area contributed by atoms with Gasteiger partial charge in [0.1, 0.15) is 0 Å². The fraction of sp³-hybridized carbons (Fsp3) is 1.00. The first-order chi connectivity index (χ1) is 9.36. The van der Waals surface area contributed by atoms with Crippen molar-refractivity contribution in [2.24, 2.45) is 16.2 Å². The van der Waals surface area contributed by atoms with Gasteiger partial charge in [0.15, 0.2) is 0 Å². The third-order valence-electron chi connectivity index (χ3n) is 6.76. The first-order valence-corrected chi connectivity index (χ1v) is 8.28. The normalized spacial score (nSPS) is 34.5. The van der Waals surface area contributed by atoms with Gasteiger partial charge in [0.05, 0.1) is 19.8 Å². The molecule has 3 nitrogen and oxygen atoms in total. The van der Waals surface area contributed by atoms with Crippen LogP contribution in [0.1, 0.15) is 67.2 Å². The maximum Gasteiger partial charge on any atom is 0.288 e. The van der Waals surface area contributed by atoms with E-state index in [4.69, 9.17) is 14.2 Å². The second-order valence-corrected chi connectivity index (χ2v) is 7.24. The minimum absolute atomic E-state index is 0.0145. The monoisotopic (exact) mass is 284 g/mol. The van der Waals surface area contributed by atoms with Crippen LogP contribution in [0.4, 0.5) is 0 Å². The lowest BCUT2D eigenvalue weighted by Gasteiger charge is -2.62. The summed E-state index contributed by atoms with van der Waals surface area (Å²) in [6.45, 7) is 15.8. The van der Waals surface area contributed by atoms with E-state index in [0.29, 0.717) is 0 Å². The van der Waals surface area contributed by atoms with Gasteiger partial charge in [0.2, 0.25) is 0 Å². The molecule has 3 aliphatic rings. The molecular formula is C17H32O3. The van der Waals surface area contributed by atoms with E-state index in [1.54, 1.807) is 0 Å². The highest BCUT2D eigenvalue weighted by Crippen LogP contribution is 2.57. The van der Waals surface area contributed by atoms with Crippen molar-refractivity contribution in [2.45, 2.75) is 73.2 Å². The van der Waals surface area contributed by atoms with E-state index in [0.717, 1.165) is 45.5 Å². The number of ether oxygens (including phenoxy) is 3. The molecule has 3 heteroatoms. The highest BCUT2D eigenvalue weighted by atomic mass is 16.9. The predicted molar refractivity (Wildman–Crippen MR) is 80.4 cm³/mol. The zero-order chi connectivity index (χ0) is 15.1. The molecule has 3 fully saturated rings. The largest absolute Gasteiger partial charge is 0.326 e. The van der Waals surface area contributed by atoms with Crippen LogP contribution in [0.15, 0.2) is 0 Å². The average Bonchev–Trinajstić information content (AvgIpc) is 2.54. The van der Waals surface area contributed by atoms with Crippen LogP contribution < -0.4 is 0 Å². The van der Waals surface area contributed by atoms with E-state index in [1.165, 1.54) is 0 Å². The zero-order valence-corrected chi connectivity index (χ0v) is 14.2. The van der Waals surface area contributed by atoms with Crippen molar-refractivity contribution in [1.82, 2.24) is 0 Å². The molecule has 118 valence electrons. The maximum atomic E-state index is 6.22. The summed E-state index contributed by atoms with van der Waals surface area (Å²) < 4.78 is 18.7. The molecule has 0 saturated carbocycles. The van der Waals surface area contributed by atoms with E-state index >= 15 is 0 Å². The Morgan fingerprint density at radius 3 is 1.35 bits per heavy atom. The van der Waals surface area contributed by atoms with Crippen molar-refractivity contribution in [1.29, 1.82) is 0 Å². The van der Waals surface area contributed by atoms with Gasteiger partial charge in [-0.15, -0.1) is 0 Å². The number of hydrogen-bond donors (Lipinski definition) is 0. The Morgan fingerprint density at radius 1 is 0.700 bits per heavy atom. The van der Waals surface area contributed by atoms with Crippen LogP contribution in [0.2, 0.25) is 0 Å². The van der Waals surface area contributed by atoms with E-state index in [1.807, 2.05) is 0 Å². The van der Waals surface area contributed by atoms with Crippen LogP contribution in [0.5, 0.6) is 0 Å². The fourth-order valence-corrected chi connectivity index (χ4v) is 3.68. The fourth-order valence-electron chi connectivity index (χ4n) is 3.68. The number of rotatable bonds is 6. The van der Waals surface area contributed by atoms with Crippen LogP contribution in [0.3, 0.4) is 0 Å². The minimum Gasteiger partial charge on any atom is -0.326 e. The molecule has 0 unspecified atom stereocenters. The number of fused-ring (bicyclic) bond motifs is 3. The molecule has 3 saturated heterocycles. The summed E-state index contributed by atoms with van der Waals surface area (Å²) >= 11 is 0. The van der Waals surface area contributed by atoms with Crippen LogP contribution in [0, 0.1) is 16.2 Å². The smallest absolute Gasteiger partial charge is 0.288 e. The Balaban J connectivity index is 2.23. The topological polar surface area (TPSA) is 27.7 Å². The SMILES string of the molecule is CCC(C)(CC)C12COC(C(C)(CC)CC)(OC1)OC2. The quantitative estimate of drug-likeness (QED) is 0.725. The van der Waals surface area contributed by atoms with E-state index in [-0.39, 0.29) is 16.2 Å². The molecule has 0 aliphatic carbocycles. The van der Waals surface area contributed by atoms with E-state index < -0.39 is 5.97 Å². The molecular weight excluding hydrogens is 252 g/mol. The molecule has 3 heterocycles. The Hall–Kier alpha value is -0.120. The molecule has 0 atom stereocenters. The Kier molecular flexibility index (Phi) is 4.27. The molecule has 0 N–H and O–H groups in total. The highest BCUT2D eigenvalue weighted by molar-refractivity contribution is 5.02. The van der Waals surface area contributed by atoms with Gasteiger partial charge in [-0.1, -0.05) is 41.5 Å². The van der Waals surface area contributed by atoms with Crippen molar-refractivity contribution < 1.29 is 14.2 Å². The van der Waals surface area contributed by atoms with Crippen LogP contribution >= 0.6 is 0 Å². The Labute approximate surface area is 124 Å². The lowest BCUT2D eigenvalue weighted by Crippen LogP contribution is -2.69. The number of hydrogen-bond acceptors (Lipinski definition) is 3. The first-order valence-electron chi connectivity index (χ1n) is 8.28. The van der Waals surface area contributed by atoms with Gasteiger partial charge >= 0.3 is 0 Å². The maximum absolute atomic E-state index is 6.22. The Morgan fingerprint density at radius 2 is 1.05 bits per heavy atom. The third-order valence-corrected chi connectivity index (χ3v) is 6.76. The van der Waals surface area contributed by atoms with Gasteiger partial charge in [-0.25, -0.2) is 0 Å². The van der Waals surface area contributed by atoms with Gasteiger partial charge in [-0.05, 0) is 31.1 Å². The van der Waals surface area contributed by atoms with E-state index in [9.17, 15) is 0 Å². The third kappa shape index (κ3) is 1.97. The summed E-state index contributed by atoms with van der Waals surface area (Å²) in [4.78, 5) is 0. The van der Waals surface area contributed by atoms with Crippen LogP contribution in [-0.2, 0) is 14.2 Å². The lowest BCUT2D eigenvalue weighted by atomic mass is 9.61. The van der Waals surface area contributed by atoms with Gasteiger partial charge in [-0.3, -0.25) is 0 Å². The summed E-state index contributed by atoms with van der Waals surface area (Å²) in [5, 5.41) is 0. The molecule has 0 amide bonds. The minimum atomic E-state index is -0.819. The zero-order valence-electron chi connectivity index (χ0n) is 14.2. The van der Waals surface area contributed by atoms with Gasteiger partial charge in [0, 0.05) is 10.8 Å². The van der Waals surface area contributed by atoms with Gasteiger partial charge < -0.3 is 14.2 Å². The van der Waals surface area contributed by atoms with Crippen molar-refractivity contribution >= 4 is 0 Å². The molecule has 0 aromatic rings. The second kappa shape index (κ2) is 5.26. The van der Waals surface area contributed by atoms with Crippen molar-refractivity contribution in [2.75, 3.05) is 19.8 Å². The van der Waals surface area contributed by atoms with E-state index in [2.05, 4.69) is 41.5 Å². The van der Waals surface area contributed by atoms with Crippen molar-refractivity contribution in [3.63, 3.8) is 0 Å². The summed E-state index contributed by atoms with van der Waals surface area (Å²) in [5.74, 6) is -0.819. The highest BCUT2D eigenvalue weighted by Gasteiger charge is 2.63. The molecule has 0 aromatic carbocycles. The molecule has 3 rings (SSSR count). The summed E-state index contributed by atoms with van der Waals surface area (Å²) in [5.41, 5.74) is 0.156. The van der Waals surface area contributed by atoms with Crippen LogP contribution in [0.25, 0.3) is 0 Å². The van der Waals surface area contributed by atoms with Crippen molar-refractivity contribution in [3.05, 3.63) is 0 Å². The molecule has 3 aliphatic heterocycles. The summed E-state index contributed by atoms with van der Waals surface area (Å²) in [6, 6.07) is 0. The molecule has 0 radical (unpaired) electrons. The van der Waals surface area contributed by atoms with Gasteiger partial charge in [-0.2, -0.15) is 0 Å². The molecule has 2 bridgehead atoms. The predicted octanol–water partition coefficient (Wildman–Crippen LogP) is 4.36. The van der Waals surface area contributed by atoms with Crippen molar-refractivity contribution in [3.8, 4) is 0 Å². The molecule has 20 heavy (non-hydrogen) atoms. The standard InChI is InChI=1S/C17H32O3/c1-7-14(5,8-2)16-11-18-17(19-12-16,20-13-16)15(6,9-3)10-4/h7-13H2,1-6H3. The average molecular weight is 284 g/mol. The first kappa shape index (κ1) is 16.3. The summed E-state index contributed by atoms with van der Waals surface area (Å²) in [7, 11) is 0. The van der Waals surface area contributed by atoms with Gasteiger partial charge in [0.25, 0.3) is 5.97 Å². The Bertz CT molecular complexity index is 284. The van der Waals surface area contributed by atoms with Crippen LogP contribution in [-0.4, -0.2) is 25.8 Å². The summed E-state index contributed by atoms with van der Waals surface area (Å²) in [6.07, 6.45) is 4.25. The lowest BCUT2D eigenvalue weighted by molar-refractivity contribution is -0.513. The molecule has 0 aromatic heterocycles. The molecule has 0 spiro atoms.